The number of aliphatic hydroxyl groups excluding tert-OH is 1. The van der Waals surface area contributed by atoms with E-state index in [9.17, 15) is 39.3 Å². The molecule has 0 atom stereocenters. The van der Waals surface area contributed by atoms with Crippen molar-refractivity contribution in [1.82, 2.24) is 0 Å². The molecule has 228 valence electrons. The minimum atomic E-state index is -1.63. The Bertz CT molecular complexity index is 1570. The number of aromatic hydroxyl groups is 2. The number of rotatable bonds is 6. The molecule has 1 aromatic rings. The van der Waals surface area contributed by atoms with Crippen molar-refractivity contribution in [3.63, 3.8) is 0 Å². The van der Waals surface area contributed by atoms with E-state index in [0.717, 1.165) is 6.26 Å². The van der Waals surface area contributed by atoms with Crippen molar-refractivity contribution in [3.05, 3.63) is 89.0 Å². The van der Waals surface area contributed by atoms with E-state index in [-0.39, 0.29) is 66.1 Å². The van der Waals surface area contributed by atoms with Crippen molar-refractivity contribution in [2.24, 2.45) is 0 Å². The van der Waals surface area contributed by atoms with Gasteiger partial charge in [-0.3, -0.25) is 0 Å². The first-order valence-electron chi connectivity index (χ1n) is 13.1. The minimum Gasteiger partial charge on any atom is -0.508 e. The number of ether oxygens (including phenoxy) is 5. The normalized spacial score (nSPS) is 25.9. The predicted molar refractivity (Wildman–Crippen MR) is 144 cm³/mol. The van der Waals surface area contributed by atoms with E-state index in [1.54, 1.807) is 0 Å². The van der Waals surface area contributed by atoms with Crippen LogP contribution < -0.4 is 0 Å². The Morgan fingerprint density at radius 2 is 1.09 bits per heavy atom. The standard InChI is InChI=1S/C30H24O14/c31-21-15-39-23(33)17(21)7-3-1-5-9-19-25(35)41-29(42-26(19)36)11-13-30(14-12-29)43-27(37)20(28(38)44-30)10-6-2-4-8-18-22(32)16-40-24(18)34/h1-10,15,31-33H,11-14,16H2. The highest BCUT2D eigenvalue weighted by molar-refractivity contribution is 6.16. The highest BCUT2D eigenvalue weighted by atomic mass is 16.8. The second-order valence-electron chi connectivity index (χ2n) is 9.80. The number of carbonyl (C=O) groups is 5. The molecule has 4 aliphatic rings. The first-order chi connectivity index (χ1) is 21.0. The lowest BCUT2D eigenvalue weighted by molar-refractivity contribution is -0.291. The summed E-state index contributed by atoms with van der Waals surface area (Å²) in [6.07, 6.45) is 13.9. The van der Waals surface area contributed by atoms with Gasteiger partial charge in [0.25, 0.3) is 17.5 Å². The van der Waals surface area contributed by atoms with Crippen molar-refractivity contribution < 1.29 is 67.4 Å². The van der Waals surface area contributed by atoms with Gasteiger partial charge in [0, 0.05) is 25.7 Å². The Morgan fingerprint density at radius 1 is 0.614 bits per heavy atom. The van der Waals surface area contributed by atoms with Crippen molar-refractivity contribution >= 4 is 35.9 Å². The van der Waals surface area contributed by atoms with E-state index >= 15 is 0 Å². The molecule has 2 saturated heterocycles. The first kappa shape index (κ1) is 29.7. The molecule has 2 spiro atoms. The van der Waals surface area contributed by atoms with E-state index in [0.29, 0.717) is 0 Å². The van der Waals surface area contributed by atoms with Crippen LogP contribution in [0.3, 0.4) is 0 Å². The highest BCUT2D eigenvalue weighted by Gasteiger charge is 2.56. The van der Waals surface area contributed by atoms with Crippen LogP contribution in [0, 0.1) is 0 Å². The lowest BCUT2D eigenvalue weighted by atomic mass is 9.87. The Labute approximate surface area is 248 Å². The number of carbonyl (C=O) groups excluding carboxylic acids is 5. The third kappa shape index (κ3) is 6.04. The molecule has 4 heterocycles. The van der Waals surface area contributed by atoms with Crippen LogP contribution in [0.4, 0.5) is 0 Å². The molecule has 44 heavy (non-hydrogen) atoms. The van der Waals surface area contributed by atoms with Gasteiger partial charge in [-0.1, -0.05) is 36.5 Å². The van der Waals surface area contributed by atoms with Gasteiger partial charge in [-0.25, -0.2) is 24.0 Å². The maximum atomic E-state index is 12.6. The second-order valence-corrected chi connectivity index (χ2v) is 9.80. The number of cyclic esters (lactones) is 1. The van der Waals surface area contributed by atoms with Crippen LogP contribution >= 0.6 is 0 Å². The van der Waals surface area contributed by atoms with Crippen molar-refractivity contribution in [3.8, 4) is 11.7 Å². The number of aliphatic hydroxyl groups is 1. The molecular formula is C30H24O14. The molecule has 5 rings (SSSR count). The zero-order valence-corrected chi connectivity index (χ0v) is 22.7. The number of esters is 5. The van der Waals surface area contributed by atoms with Gasteiger partial charge >= 0.3 is 29.8 Å². The van der Waals surface area contributed by atoms with Gasteiger partial charge in [-0.05, 0) is 24.3 Å². The summed E-state index contributed by atoms with van der Waals surface area (Å²) in [5.74, 6) is -8.63. The van der Waals surface area contributed by atoms with Gasteiger partial charge in [0.1, 0.15) is 40.9 Å². The molecule has 1 aliphatic carbocycles. The maximum absolute atomic E-state index is 12.6. The van der Waals surface area contributed by atoms with Crippen LogP contribution in [0.5, 0.6) is 11.7 Å². The minimum absolute atomic E-state index is 0.00552. The largest absolute Gasteiger partial charge is 0.508 e. The highest BCUT2D eigenvalue weighted by Crippen LogP contribution is 2.45. The summed E-state index contributed by atoms with van der Waals surface area (Å²) < 4.78 is 31.1. The van der Waals surface area contributed by atoms with Crippen molar-refractivity contribution in [2.45, 2.75) is 37.3 Å². The zero-order valence-electron chi connectivity index (χ0n) is 22.7. The predicted octanol–water partition coefficient (Wildman–Crippen LogP) is 2.76. The molecule has 3 N–H and O–H groups in total. The van der Waals surface area contributed by atoms with Crippen LogP contribution in [-0.2, 0) is 47.7 Å². The third-order valence-electron chi connectivity index (χ3n) is 6.92. The van der Waals surface area contributed by atoms with Gasteiger partial charge in [0.15, 0.2) is 5.75 Å². The Kier molecular flexibility index (Phi) is 7.99. The monoisotopic (exact) mass is 608 g/mol. The molecule has 1 saturated carbocycles. The fourth-order valence-electron chi connectivity index (χ4n) is 4.61. The summed E-state index contributed by atoms with van der Waals surface area (Å²) in [4.78, 5) is 62.0. The lowest BCUT2D eigenvalue weighted by Gasteiger charge is -2.45. The molecule has 3 aliphatic heterocycles. The molecule has 3 fully saturated rings. The summed E-state index contributed by atoms with van der Waals surface area (Å²) in [7, 11) is 0. The van der Waals surface area contributed by atoms with Gasteiger partial charge in [0.2, 0.25) is 0 Å². The number of allylic oxidation sites excluding steroid dienone is 8. The summed E-state index contributed by atoms with van der Waals surface area (Å²) in [6, 6.07) is 0. The van der Waals surface area contributed by atoms with E-state index in [2.05, 4.69) is 9.15 Å². The van der Waals surface area contributed by atoms with Gasteiger partial charge in [-0.15, -0.1) is 0 Å². The Morgan fingerprint density at radius 3 is 1.50 bits per heavy atom. The van der Waals surface area contributed by atoms with Crippen LogP contribution in [0.1, 0.15) is 31.2 Å². The van der Waals surface area contributed by atoms with Crippen LogP contribution in [0.15, 0.2) is 87.8 Å². The number of hydrogen-bond donors (Lipinski definition) is 3. The van der Waals surface area contributed by atoms with Crippen molar-refractivity contribution in [2.75, 3.05) is 6.61 Å². The molecule has 14 nitrogen and oxygen atoms in total. The molecular weight excluding hydrogens is 584 g/mol. The Hall–Kier alpha value is -5.79. The molecule has 1 aromatic heterocycles. The summed E-state index contributed by atoms with van der Waals surface area (Å²) in [6.45, 7) is -0.207. The average molecular weight is 609 g/mol. The summed E-state index contributed by atoms with van der Waals surface area (Å²) >= 11 is 0. The molecule has 0 bridgehead atoms. The Balaban J connectivity index is 1.16. The van der Waals surface area contributed by atoms with E-state index in [1.165, 1.54) is 60.8 Å². The topological polar surface area (TPSA) is 205 Å². The first-order valence-corrected chi connectivity index (χ1v) is 13.1. The molecule has 0 aromatic carbocycles. The molecule has 14 heteroatoms. The molecule has 0 unspecified atom stereocenters. The molecule has 0 radical (unpaired) electrons. The fraction of sp³-hybridized carbons (Fsp3) is 0.233. The summed E-state index contributed by atoms with van der Waals surface area (Å²) in [5, 5.41) is 28.6. The fourth-order valence-corrected chi connectivity index (χ4v) is 4.61. The number of hydrogen-bond acceptors (Lipinski definition) is 14. The average Bonchev–Trinajstić information content (AvgIpc) is 3.47. The van der Waals surface area contributed by atoms with Crippen LogP contribution in [0.2, 0.25) is 0 Å². The van der Waals surface area contributed by atoms with E-state index < -0.39 is 47.4 Å². The number of furan rings is 1. The lowest BCUT2D eigenvalue weighted by Crippen LogP contribution is -2.56. The van der Waals surface area contributed by atoms with Gasteiger partial charge in [0.05, 0.1) is 0 Å². The van der Waals surface area contributed by atoms with Crippen molar-refractivity contribution in [1.29, 1.82) is 0 Å². The van der Waals surface area contributed by atoms with Crippen LogP contribution in [-0.4, -0.2) is 63.3 Å². The molecule has 0 amide bonds. The third-order valence-corrected chi connectivity index (χ3v) is 6.92. The van der Waals surface area contributed by atoms with Gasteiger partial charge in [-0.2, -0.15) is 0 Å². The summed E-state index contributed by atoms with van der Waals surface area (Å²) in [5.41, 5.74) is -0.712. The van der Waals surface area contributed by atoms with Gasteiger partial charge < -0.3 is 43.4 Å². The smallest absolute Gasteiger partial charge is 0.348 e. The maximum Gasteiger partial charge on any atom is 0.348 e. The zero-order chi connectivity index (χ0) is 31.5. The quantitative estimate of drug-likeness (QED) is 0.140. The second kappa shape index (κ2) is 11.8. The van der Waals surface area contributed by atoms with E-state index in [1.807, 2.05) is 0 Å². The SMILES string of the molecule is O=C1OC2(CCC3(CC2)OC(=O)C(=CC=CC=Cc2c(O)coc2O)C(=O)O3)OC(=O)C1=CC=CC=CC1=C(O)COC1=O. The van der Waals surface area contributed by atoms with Crippen LogP contribution in [0.25, 0.3) is 6.08 Å². The van der Waals surface area contributed by atoms with E-state index in [4.69, 9.17) is 18.9 Å².